The van der Waals surface area contributed by atoms with Gasteiger partial charge in [-0.05, 0) is 29.1 Å². The van der Waals surface area contributed by atoms with Crippen LogP contribution in [0.2, 0.25) is 5.15 Å². The first-order valence-electron chi connectivity index (χ1n) is 6.68. The maximum Gasteiger partial charge on any atom is 0.131 e. The first-order chi connectivity index (χ1) is 10.3. The fourth-order valence-corrected chi connectivity index (χ4v) is 2.55. The van der Waals surface area contributed by atoms with Crippen LogP contribution in [0, 0.1) is 0 Å². The largest absolute Gasteiger partial charge is 0.496 e. The van der Waals surface area contributed by atoms with Crippen LogP contribution in [0.15, 0.2) is 54.7 Å². The van der Waals surface area contributed by atoms with Crippen LogP contribution < -0.4 is 10.1 Å². The van der Waals surface area contributed by atoms with Gasteiger partial charge >= 0.3 is 0 Å². The van der Waals surface area contributed by atoms with E-state index in [1.807, 2.05) is 30.3 Å². The molecule has 21 heavy (non-hydrogen) atoms. The Morgan fingerprint density at radius 1 is 1.10 bits per heavy atom. The number of ether oxygens (including phenoxy) is 1. The van der Waals surface area contributed by atoms with Crippen LogP contribution in [0.5, 0.6) is 5.75 Å². The second kappa shape index (κ2) is 6.02. The van der Waals surface area contributed by atoms with Gasteiger partial charge in [0.1, 0.15) is 10.9 Å². The Bertz CT molecular complexity index is 774. The van der Waals surface area contributed by atoms with Crippen molar-refractivity contribution in [3.8, 4) is 5.75 Å². The summed E-state index contributed by atoms with van der Waals surface area (Å²) in [6.45, 7) is 0.713. The molecule has 0 aliphatic heterocycles. The molecule has 0 saturated heterocycles. The average Bonchev–Trinajstić information content (AvgIpc) is 2.52. The van der Waals surface area contributed by atoms with Gasteiger partial charge in [-0.2, -0.15) is 0 Å². The summed E-state index contributed by atoms with van der Waals surface area (Å²) in [5, 5.41) is 6.15. The van der Waals surface area contributed by atoms with Gasteiger partial charge in [-0.15, -0.1) is 0 Å². The van der Waals surface area contributed by atoms with E-state index in [9.17, 15) is 0 Å². The van der Waals surface area contributed by atoms with Crippen molar-refractivity contribution in [3.05, 3.63) is 65.4 Å². The third-order valence-electron chi connectivity index (χ3n) is 3.40. The lowest BCUT2D eigenvalue weighted by Crippen LogP contribution is -2.00. The van der Waals surface area contributed by atoms with Gasteiger partial charge in [-0.25, -0.2) is 4.98 Å². The second-order valence-electron chi connectivity index (χ2n) is 4.69. The molecule has 0 amide bonds. The Morgan fingerprint density at radius 3 is 2.67 bits per heavy atom. The van der Waals surface area contributed by atoms with E-state index >= 15 is 0 Å². The number of halogens is 1. The Kier molecular flexibility index (Phi) is 3.93. The van der Waals surface area contributed by atoms with E-state index in [2.05, 4.69) is 28.5 Å². The number of hydrogen-bond acceptors (Lipinski definition) is 3. The summed E-state index contributed by atoms with van der Waals surface area (Å²) in [6, 6.07) is 16.0. The highest BCUT2D eigenvalue weighted by molar-refractivity contribution is 6.29. The van der Waals surface area contributed by atoms with Crippen molar-refractivity contribution in [2.45, 2.75) is 6.54 Å². The zero-order valence-corrected chi connectivity index (χ0v) is 12.4. The van der Waals surface area contributed by atoms with Crippen LogP contribution in [-0.4, -0.2) is 12.1 Å². The van der Waals surface area contributed by atoms with Crippen molar-refractivity contribution in [3.63, 3.8) is 0 Å². The normalized spacial score (nSPS) is 10.6. The summed E-state index contributed by atoms with van der Waals surface area (Å²) >= 11 is 5.89. The molecule has 1 heterocycles. The van der Waals surface area contributed by atoms with E-state index in [4.69, 9.17) is 16.3 Å². The molecule has 0 aliphatic rings. The van der Waals surface area contributed by atoms with E-state index in [-0.39, 0.29) is 0 Å². The Morgan fingerprint density at radius 2 is 1.90 bits per heavy atom. The lowest BCUT2D eigenvalue weighted by molar-refractivity contribution is 0.419. The minimum Gasteiger partial charge on any atom is -0.496 e. The van der Waals surface area contributed by atoms with Crippen LogP contribution in [0.4, 0.5) is 5.69 Å². The molecular formula is C17H15ClN2O. The Balaban J connectivity index is 1.91. The summed E-state index contributed by atoms with van der Waals surface area (Å²) in [6.07, 6.45) is 1.69. The highest BCUT2D eigenvalue weighted by atomic mass is 35.5. The molecule has 0 unspecified atom stereocenters. The molecule has 106 valence electrons. The van der Waals surface area contributed by atoms with Crippen molar-refractivity contribution < 1.29 is 4.74 Å². The number of fused-ring (bicyclic) bond motifs is 1. The van der Waals surface area contributed by atoms with Crippen LogP contribution in [0.3, 0.4) is 0 Å². The maximum atomic E-state index is 5.89. The molecule has 1 N–H and O–H groups in total. The number of hydrogen-bond donors (Lipinski definition) is 1. The number of pyridine rings is 1. The molecule has 3 nitrogen and oxygen atoms in total. The number of aromatic nitrogens is 1. The molecule has 1 aromatic heterocycles. The molecule has 4 heteroatoms. The van der Waals surface area contributed by atoms with Crippen LogP contribution >= 0.6 is 11.6 Å². The molecule has 0 fully saturated rings. The van der Waals surface area contributed by atoms with Crippen molar-refractivity contribution in [1.82, 2.24) is 4.98 Å². The highest BCUT2D eigenvalue weighted by Gasteiger charge is 2.06. The number of methoxy groups -OCH3 is 1. The number of nitrogens with one attached hydrogen (secondary N) is 1. The quantitative estimate of drug-likeness (QED) is 0.720. The van der Waals surface area contributed by atoms with Crippen molar-refractivity contribution in [2.75, 3.05) is 12.4 Å². The van der Waals surface area contributed by atoms with Crippen molar-refractivity contribution in [1.29, 1.82) is 0 Å². The predicted molar refractivity (Wildman–Crippen MR) is 87.1 cm³/mol. The van der Waals surface area contributed by atoms with E-state index in [0.717, 1.165) is 16.8 Å². The first kappa shape index (κ1) is 13.7. The molecule has 0 atom stereocenters. The molecule has 0 radical (unpaired) electrons. The van der Waals surface area contributed by atoms with Crippen molar-refractivity contribution >= 4 is 28.1 Å². The monoisotopic (exact) mass is 298 g/mol. The second-order valence-corrected chi connectivity index (χ2v) is 5.08. The van der Waals surface area contributed by atoms with Crippen LogP contribution in [0.25, 0.3) is 10.8 Å². The lowest BCUT2D eigenvalue weighted by atomic mass is 10.0. The maximum absolute atomic E-state index is 5.89. The van der Waals surface area contributed by atoms with Crippen LogP contribution in [-0.2, 0) is 6.54 Å². The lowest BCUT2D eigenvalue weighted by Gasteiger charge is -2.12. The van der Waals surface area contributed by atoms with E-state index in [0.29, 0.717) is 11.7 Å². The molecule has 0 bridgehead atoms. The van der Waals surface area contributed by atoms with Gasteiger partial charge in [-0.1, -0.05) is 41.9 Å². The standard InChI is InChI=1S/C17H15ClN2O/c1-21-16-7-6-12(14-4-2-3-5-15(14)16)11-20-13-8-9-19-17(18)10-13/h2-10H,11H2,1H3,(H,19,20). The number of nitrogens with zero attached hydrogens (tertiary/aromatic N) is 1. The van der Waals surface area contributed by atoms with Gasteiger partial charge in [0, 0.05) is 23.8 Å². The summed E-state index contributed by atoms with van der Waals surface area (Å²) < 4.78 is 5.41. The molecule has 2 aromatic carbocycles. The topological polar surface area (TPSA) is 34.1 Å². The third-order valence-corrected chi connectivity index (χ3v) is 3.61. The van der Waals surface area contributed by atoms with Gasteiger partial charge in [0.05, 0.1) is 7.11 Å². The fraction of sp³-hybridized carbons (Fsp3) is 0.118. The molecule has 0 spiro atoms. The fourth-order valence-electron chi connectivity index (χ4n) is 2.38. The summed E-state index contributed by atoms with van der Waals surface area (Å²) in [7, 11) is 1.69. The van der Waals surface area contributed by atoms with Gasteiger partial charge in [0.25, 0.3) is 0 Å². The van der Waals surface area contributed by atoms with Gasteiger partial charge < -0.3 is 10.1 Å². The van der Waals surface area contributed by atoms with Crippen molar-refractivity contribution in [2.24, 2.45) is 0 Å². The van der Waals surface area contributed by atoms with Gasteiger partial charge in [0.2, 0.25) is 0 Å². The zero-order chi connectivity index (χ0) is 14.7. The Labute approximate surface area is 128 Å². The van der Waals surface area contributed by atoms with E-state index in [1.54, 1.807) is 13.3 Å². The first-order valence-corrected chi connectivity index (χ1v) is 7.06. The average molecular weight is 299 g/mol. The SMILES string of the molecule is COc1ccc(CNc2ccnc(Cl)c2)c2ccccc12. The summed E-state index contributed by atoms with van der Waals surface area (Å²) in [5.41, 5.74) is 2.16. The van der Waals surface area contributed by atoms with Gasteiger partial charge in [-0.3, -0.25) is 0 Å². The highest BCUT2D eigenvalue weighted by Crippen LogP contribution is 2.28. The molecular weight excluding hydrogens is 284 g/mol. The molecule has 0 saturated carbocycles. The molecule has 0 aliphatic carbocycles. The third kappa shape index (κ3) is 2.93. The van der Waals surface area contributed by atoms with Crippen LogP contribution in [0.1, 0.15) is 5.56 Å². The molecule has 3 rings (SSSR count). The number of anilines is 1. The smallest absolute Gasteiger partial charge is 0.131 e. The van der Waals surface area contributed by atoms with E-state index in [1.165, 1.54) is 10.9 Å². The Hall–Kier alpha value is -2.26. The predicted octanol–water partition coefficient (Wildman–Crippen LogP) is 4.51. The molecule has 3 aromatic rings. The van der Waals surface area contributed by atoms with E-state index < -0.39 is 0 Å². The zero-order valence-electron chi connectivity index (χ0n) is 11.6. The minimum atomic E-state index is 0.486. The summed E-state index contributed by atoms with van der Waals surface area (Å²) in [4.78, 5) is 3.98. The van der Waals surface area contributed by atoms with Gasteiger partial charge in [0.15, 0.2) is 0 Å². The number of benzene rings is 2. The minimum absolute atomic E-state index is 0.486. The number of rotatable bonds is 4. The summed E-state index contributed by atoms with van der Waals surface area (Å²) in [5.74, 6) is 0.890.